The van der Waals surface area contributed by atoms with Crippen molar-refractivity contribution in [3.05, 3.63) is 0 Å². The van der Waals surface area contributed by atoms with Gasteiger partial charge in [-0.05, 0) is 25.2 Å². The molecule has 2 heteroatoms. The van der Waals surface area contributed by atoms with E-state index in [1.54, 1.807) is 0 Å². The van der Waals surface area contributed by atoms with Gasteiger partial charge in [-0.2, -0.15) is 0 Å². The van der Waals surface area contributed by atoms with Gasteiger partial charge >= 0.3 is 0 Å². The Bertz CT molecular complexity index is 134. The Morgan fingerprint density at radius 3 is 2.55 bits per heavy atom. The summed E-state index contributed by atoms with van der Waals surface area (Å²) in [7, 11) is 0. The van der Waals surface area contributed by atoms with Crippen LogP contribution in [0.4, 0.5) is 0 Å². The largest absolute Gasteiger partial charge is 0.327 e. The van der Waals surface area contributed by atoms with Gasteiger partial charge in [0, 0.05) is 18.9 Å². The van der Waals surface area contributed by atoms with Crippen molar-refractivity contribution in [2.45, 2.75) is 45.1 Å². The number of carbonyl (C=O) groups is 1. The Morgan fingerprint density at radius 2 is 2.09 bits per heavy atom. The molecule has 1 aliphatic rings. The van der Waals surface area contributed by atoms with Crippen LogP contribution in [0.15, 0.2) is 0 Å². The molecule has 1 saturated carbocycles. The summed E-state index contributed by atoms with van der Waals surface area (Å²) in [5.41, 5.74) is 5.88. The lowest BCUT2D eigenvalue weighted by atomic mass is 9.83. The first-order valence-corrected chi connectivity index (χ1v) is 4.51. The van der Waals surface area contributed by atoms with Crippen LogP contribution >= 0.6 is 0 Å². The Labute approximate surface area is 68.2 Å². The van der Waals surface area contributed by atoms with Crippen LogP contribution in [0.1, 0.15) is 39.0 Å². The molecule has 11 heavy (non-hydrogen) atoms. The fourth-order valence-corrected chi connectivity index (χ4v) is 1.72. The average Bonchev–Trinajstić information content (AvgIpc) is 2.05. The molecule has 0 aromatic rings. The lowest BCUT2D eigenvalue weighted by Gasteiger charge is -2.25. The lowest BCUT2D eigenvalue weighted by molar-refractivity contribution is -0.121. The van der Waals surface area contributed by atoms with Crippen molar-refractivity contribution in [3.63, 3.8) is 0 Å². The van der Waals surface area contributed by atoms with Gasteiger partial charge in [0.2, 0.25) is 0 Å². The van der Waals surface area contributed by atoms with Crippen LogP contribution in [-0.4, -0.2) is 11.8 Å². The first-order valence-electron chi connectivity index (χ1n) is 4.51. The molecular formula is C9H17NO. The monoisotopic (exact) mass is 155 g/mol. The SMILES string of the molecule is CCC(N)C1CCC(=O)CC1. The molecule has 1 atom stereocenters. The van der Waals surface area contributed by atoms with Crippen molar-refractivity contribution < 1.29 is 4.79 Å². The average molecular weight is 155 g/mol. The number of hydrogen-bond donors (Lipinski definition) is 1. The number of Topliss-reactive ketones (excluding diaryl/α,β-unsaturated/α-hetero) is 1. The quantitative estimate of drug-likeness (QED) is 0.656. The van der Waals surface area contributed by atoms with Gasteiger partial charge in [-0.15, -0.1) is 0 Å². The standard InChI is InChI=1S/C9H17NO/c1-2-9(10)7-3-5-8(11)6-4-7/h7,9H,2-6,10H2,1H3. The first-order chi connectivity index (χ1) is 5.24. The zero-order chi connectivity index (χ0) is 8.27. The molecule has 0 spiro atoms. The van der Waals surface area contributed by atoms with Gasteiger partial charge < -0.3 is 5.73 Å². The van der Waals surface area contributed by atoms with E-state index in [4.69, 9.17) is 5.73 Å². The van der Waals surface area contributed by atoms with E-state index in [1.807, 2.05) is 0 Å². The van der Waals surface area contributed by atoms with Crippen molar-refractivity contribution in [2.24, 2.45) is 11.7 Å². The minimum atomic E-state index is 0.322. The van der Waals surface area contributed by atoms with Crippen molar-refractivity contribution >= 4 is 5.78 Å². The van der Waals surface area contributed by atoms with E-state index in [2.05, 4.69) is 6.92 Å². The van der Waals surface area contributed by atoms with E-state index in [-0.39, 0.29) is 0 Å². The summed E-state index contributed by atoms with van der Waals surface area (Å²) in [6, 6.07) is 0.322. The maximum absolute atomic E-state index is 10.9. The molecule has 0 amide bonds. The highest BCUT2D eigenvalue weighted by Crippen LogP contribution is 2.24. The second-order valence-corrected chi connectivity index (χ2v) is 3.45. The maximum atomic E-state index is 10.9. The molecule has 0 aromatic heterocycles. The Kier molecular flexibility index (Phi) is 3.06. The molecule has 0 aliphatic heterocycles. The summed E-state index contributed by atoms with van der Waals surface area (Å²) in [6.07, 6.45) is 4.61. The molecule has 1 fully saturated rings. The predicted molar refractivity (Wildman–Crippen MR) is 45.2 cm³/mol. The molecule has 1 rings (SSSR count). The van der Waals surface area contributed by atoms with Crippen LogP contribution in [0.25, 0.3) is 0 Å². The minimum absolute atomic E-state index is 0.322. The Balaban J connectivity index is 2.32. The molecule has 1 aliphatic carbocycles. The van der Waals surface area contributed by atoms with E-state index < -0.39 is 0 Å². The molecular weight excluding hydrogens is 138 g/mol. The molecule has 2 N–H and O–H groups in total. The van der Waals surface area contributed by atoms with Crippen molar-refractivity contribution in [3.8, 4) is 0 Å². The zero-order valence-electron chi connectivity index (χ0n) is 7.18. The summed E-state index contributed by atoms with van der Waals surface area (Å²) in [5, 5.41) is 0. The summed E-state index contributed by atoms with van der Waals surface area (Å²) >= 11 is 0. The maximum Gasteiger partial charge on any atom is 0.132 e. The highest BCUT2D eigenvalue weighted by Gasteiger charge is 2.22. The molecule has 64 valence electrons. The normalized spacial score (nSPS) is 23.6. The van der Waals surface area contributed by atoms with Crippen LogP contribution < -0.4 is 5.73 Å². The summed E-state index contributed by atoms with van der Waals surface area (Å²) in [4.78, 5) is 10.9. The lowest BCUT2D eigenvalue weighted by Crippen LogP contribution is -2.32. The summed E-state index contributed by atoms with van der Waals surface area (Å²) in [5.74, 6) is 1.03. The van der Waals surface area contributed by atoms with Crippen LogP contribution in [0.3, 0.4) is 0 Å². The van der Waals surface area contributed by atoms with Gasteiger partial charge in [0.05, 0.1) is 0 Å². The fourth-order valence-electron chi connectivity index (χ4n) is 1.72. The number of rotatable bonds is 2. The molecule has 0 bridgehead atoms. The van der Waals surface area contributed by atoms with Crippen molar-refractivity contribution in [1.29, 1.82) is 0 Å². The smallest absolute Gasteiger partial charge is 0.132 e. The van der Waals surface area contributed by atoms with Gasteiger partial charge in [0.15, 0.2) is 0 Å². The molecule has 0 radical (unpaired) electrons. The van der Waals surface area contributed by atoms with E-state index in [9.17, 15) is 4.79 Å². The number of hydrogen-bond acceptors (Lipinski definition) is 2. The zero-order valence-corrected chi connectivity index (χ0v) is 7.18. The predicted octanol–water partition coefficient (Wildman–Crippen LogP) is 1.48. The van der Waals surface area contributed by atoms with E-state index in [0.29, 0.717) is 17.7 Å². The van der Waals surface area contributed by atoms with E-state index in [1.165, 1.54) is 0 Å². The minimum Gasteiger partial charge on any atom is -0.327 e. The van der Waals surface area contributed by atoms with Gasteiger partial charge in [0.25, 0.3) is 0 Å². The van der Waals surface area contributed by atoms with Crippen molar-refractivity contribution in [2.75, 3.05) is 0 Å². The third-order valence-corrected chi connectivity index (χ3v) is 2.66. The fraction of sp³-hybridized carbons (Fsp3) is 0.889. The third kappa shape index (κ3) is 2.29. The second-order valence-electron chi connectivity index (χ2n) is 3.45. The van der Waals surface area contributed by atoms with Crippen LogP contribution in [-0.2, 0) is 4.79 Å². The van der Waals surface area contributed by atoms with Gasteiger partial charge in [0.1, 0.15) is 5.78 Å². The summed E-state index contributed by atoms with van der Waals surface area (Å²) in [6.45, 7) is 2.11. The number of nitrogens with two attached hydrogens (primary N) is 1. The highest BCUT2D eigenvalue weighted by atomic mass is 16.1. The van der Waals surface area contributed by atoms with Gasteiger partial charge in [-0.3, -0.25) is 4.79 Å². The van der Waals surface area contributed by atoms with Crippen LogP contribution in [0, 0.1) is 5.92 Å². The first kappa shape index (κ1) is 8.72. The Morgan fingerprint density at radius 1 is 1.55 bits per heavy atom. The van der Waals surface area contributed by atoms with E-state index >= 15 is 0 Å². The van der Waals surface area contributed by atoms with Gasteiger partial charge in [-0.25, -0.2) is 0 Å². The molecule has 0 aromatic carbocycles. The molecule has 0 saturated heterocycles. The Hall–Kier alpha value is -0.370. The second kappa shape index (κ2) is 3.86. The molecule has 2 nitrogen and oxygen atoms in total. The number of carbonyl (C=O) groups excluding carboxylic acids is 1. The van der Waals surface area contributed by atoms with Gasteiger partial charge in [-0.1, -0.05) is 6.92 Å². The van der Waals surface area contributed by atoms with Crippen LogP contribution in [0.2, 0.25) is 0 Å². The van der Waals surface area contributed by atoms with E-state index in [0.717, 1.165) is 32.1 Å². The highest BCUT2D eigenvalue weighted by molar-refractivity contribution is 5.79. The molecule has 0 heterocycles. The number of ketones is 1. The third-order valence-electron chi connectivity index (χ3n) is 2.66. The topological polar surface area (TPSA) is 43.1 Å². The van der Waals surface area contributed by atoms with Crippen LogP contribution in [0.5, 0.6) is 0 Å². The van der Waals surface area contributed by atoms with Crippen molar-refractivity contribution in [1.82, 2.24) is 0 Å². The summed E-state index contributed by atoms with van der Waals surface area (Å²) < 4.78 is 0. The molecule has 1 unspecified atom stereocenters.